The fourth-order valence-corrected chi connectivity index (χ4v) is 2.32. The molecule has 0 aliphatic carbocycles. The summed E-state index contributed by atoms with van der Waals surface area (Å²) in [6, 6.07) is 6.07. The Morgan fingerprint density at radius 1 is 1.25 bits per heavy atom. The van der Waals surface area contributed by atoms with E-state index in [-0.39, 0.29) is 0 Å². The first-order valence-corrected chi connectivity index (χ1v) is 7.03. The van der Waals surface area contributed by atoms with Crippen molar-refractivity contribution in [2.24, 2.45) is 0 Å². The quantitative estimate of drug-likeness (QED) is 0.571. The second kappa shape index (κ2) is 7.10. The standard InChI is InChI=1S/C16H22N2O2/c1-3-4-13(17)11-14-15(20-10-9-19-2)6-5-12-7-8-18-16(12)14/h5-8,17-18H,3-4,9-11H2,1-2H3. The zero-order valence-corrected chi connectivity index (χ0v) is 12.2. The van der Waals surface area contributed by atoms with Crippen LogP contribution in [0.3, 0.4) is 0 Å². The van der Waals surface area contributed by atoms with Crippen LogP contribution in [0, 0.1) is 5.41 Å². The van der Waals surface area contributed by atoms with Crippen molar-refractivity contribution in [3.63, 3.8) is 0 Å². The first-order chi connectivity index (χ1) is 9.76. The van der Waals surface area contributed by atoms with Crippen molar-refractivity contribution < 1.29 is 9.47 Å². The van der Waals surface area contributed by atoms with Crippen molar-refractivity contribution in [1.29, 1.82) is 5.41 Å². The Morgan fingerprint density at radius 3 is 2.85 bits per heavy atom. The summed E-state index contributed by atoms with van der Waals surface area (Å²) in [5, 5.41) is 9.23. The summed E-state index contributed by atoms with van der Waals surface area (Å²) in [4.78, 5) is 3.26. The predicted molar refractivity (Wildman–Crippen MR) is 82.0 cm³/mol. The second-order valence-corrected chi connectivity index (χ2v) is 4.86. The molecule has 0 amide bonds. The molecule has 0 bridgehead atoms. The van der Waals surface area contributed by atoms with Gasteiger partial charge in [-0.15, -0.1) is 0 Å². The molecule has 1 aromatic heterocycles. The lowest BCUT2D eigenvalue weighted by Crippen LogP contribution is -2.08. The molecule has 2 aromatic rings. The molecule has 0 unspecified atom stereocenters. The van der Waals surface area contributed by atoms with E-state index in [0.717, 1.165) is 40.8 Å². The molecule has 0 fully saturated rings. The van der Waals surface area contributed by atoms with Crippen LogP contribution in [0.4, 0.5) is 0 Å². The molecule has 4 heteroatoms. The van der Waals surface area contributed by atoms with E-state index >= 15 is 0 Å². The number of fused-ring (bicyclic) bond motifs is 1. The largest absolute Gasteiger partial charge is 0.491 e. The SMILES string of the molecule is CCCC(=N)Cc1c(OCCOC)ccc2cc[nH]c12. The summed E-state index contributed by atoms with van der Waals surface area (Å²) >= 11 is 0. The van der Waals surface area contributed by atoms with E-state index in [1.807, 2.05) is 24.4 Å². The zero-order valence-electron chi connectivity index (χ0n) is 12.2. The van der Waals surface area contributed by atoms with Gasteiger partial charge in [0.1, 0.15) is 12.4 Å². The van der Waals surface area contributed by atoms with E-state index in [2.05, 4.69) is 11.9 Å². The Balaban J connectivity index is 2.27. The third-order valence-corrected chi connectivity index (χ3v) is 3.28. The average molecular weight is 274 g/mol. The van der Waals surface area contributed by atoms with E-state index < -0.39 is 0 Å². The monoisotopic (exact) mass is 274 g/mol. The molecule has 4 nitrogen and oxygen atoms in total. The molecule has 0 aliphatic heterocycles. The number of hydrogen-bond donors (Lipinski definition) is 2. The van der Waals surface area contributed by atoms with Crippen LogP contribution >= 0.6 is 0 Å². The molecule has 0 spiro atoms. The lowest BCUT2D eigenvalue weighted by atomic mass is 10.0. The molecular weight excluding hydrogens is 252 g/mol. The van der Waals surface area contributed by atoms with Gasteiger partial charge in [0, 0.05) is 31.0 Å². The first-order valence-electron chi connectivity index (χ1n) is 7.03. The van der Waals surface area contributed by atoms with Gasteiger partial charge >= 0.3 is 0 Å². The highest BCUT2D eigenvalue weighted by Gasteiger charge is 2.12. The van der Waals surface area contributed by atoms with Crippen LogP contribution in [0.2, 0.25) is 0 Å². The lowest BCUT2D eigenvalue weighted by Gasteiger charge is -2.13. The van der Waals surface area contributed by atoms with Crippen molar-refractivity contribution in [2.45, 2.75) is 26.2 Å². The third-order valence-electron chi connectivity index (χ3n) is 3.28. The van der Waals surface area contributed by atoms with Gasteiger partial charge in [-0.25, -0.2) is 0 Å². The second-order valence-electron chi connectivity index (χ2n) is 4.86. The summed E-state index contributed by atoms with van der Waals surface area (Å²) in [5.74, 6) is 0.845. The molecule has 20 heavy (non-hydrogen) atoms. The molecule has 0 saturated heterocycles. The number of rotatable bonds is 8. The van der Waals surface area contributed by atoms with Crippen molar-refractivity contribution in [2.75, 3.05) is 20.3 Å². The predicted octanol–water partition coefficient (Wildman–Crippen LogP) is 3.56. The Morgan fingerprint density at radius 2 is 2.10 bits per heavy atom. The minimum absolute atomic E-state index is 0.525. The third kappa shape index (κ3) is 3.39. The smallest absolute Gasteiger partial charge is 0.125 e. The highest BCUT2D eigenvalue weighted by Crippen LogP contribution is 2.28. The molecule has 0 atom stereocenters. The number of hydrogen-bond acceptors (Lipinski definition) is 3. The van der Waals surface area contributed by atoms with E-state index in [4.69, 9.17) is 14.9 Å². The van der Waals surface area contributed by atoms with Crippen LogP contribution < -0.4 is 4.74 Å². The molecule has 1 heterocycles. The van der Waals surface area contributed by atoms with E-state index in [0.29, 0.717) is 19.6 Å². The van der Waals surface area contributed by atoms with Gasteiger partial charge in [0.25, 0.3) is 0 Å². The fraction of sp³-hybridized carbons (Fsp3) is 0.438. The number of ether oxygens (including phenoxy) is 2. The van der Waals surface area contributed by atoms with Gasteiger partial charge in [0.05, 0.1) is 12.1 Å². The van der Waals surface area contributed by atoms with E-state index in [1.165, 1.54) is 0 Å². The normalized spacial score (nSPS) is 10.9. The highest BCUT2D eigenvalue weighted by molar-refractivity contribution is 5.91. The van der Waals surface area contributed by atoms with Crippen LogP contribution in [0.1, 0.15) is 25.3 Å². The van der Waals surface area contributed by atoms with Gasteiger partial charge in [0.15, 0.2) is 0 Å². The molecule has 1 aromatic carbocycles. The number of aromatic nitrogens is 1. The molecule has 108 valence electrons. The summed E-state index contributed by atoms with van der Waals surface area (Å²) < 4.78 is 10.8. The molecule has 0 saturated carbocycles. The lowest BCUT2D eigenvalue weighted by molar-refractivity contribution is 0.146. The fourth-order valence-electron chi connectivity index (χ4n) is 2.32. The number of H-pyrrole nitrogens is 1. The van der Waals surface area contributed by atoms with Gasteiger partial charge in [-0.2, -0.15) is 0 Å². The van der Waals surface area contributed by atoms with Crippen molar-refractivity contribution in [3.8, 4) is 5.75 Å². The Labute approximate surface area is 119 Å². The number of nitrogens with one attached hydrogen (secondary N) is 2. The van der Waals surface area contributed by atoms with Crippen molar-refractivity contribution in [1.82, 2.24) is 4.98 Å². The minimum Gasteiger partial charge on any atom is -0.491 e. The van der Waals surface area contributed by atoms with Gasteiger partial charge in [0.2, 0.25) is 0 Å². The van der Waals surface area contributed by atoms with E-state index in [1.54, 1.807) is 7.11 Å². The summed E-state index contributed by atoms with van der Waals surface area (Å²) in [6.07, 6.45) is 4.39. The number of aromatic amines is 1. The number of methoxy groups -OCH3 is 1. The van der Waals surface area contributed by atoms with Crippen molar-refractivity contribution >= 4 is 16.6 Å². The van der Waals surface area contributed by atoms with Crippen LogP contribution in [-0.2, 0) is 11.2 Å². The maximum atomic E-state index is 8.07. The maximum Gasteiger partial charge on any atom is 0.125 e. The number of benzene rings is 1. The minimum atomic E-state index is 0.525. The first kappa shape index (κ1) is 14.6. The molecule has 0 aliphatic rings. The molecular formula is C16H22N2O2. The van der Waals surface area contributed by atoms with Crippen LogP contribution in [-0.4, -0.2) is 31.0 Å². The zero-order chi connectivity index (χ0) is 14.4. The molecule has 2 N–H and O–H groups in total. The van der Waals surface area contributed by atoms with Gasteiger partial charge < -0.3 is 19.9 Å². The summed E-state index contributed by atoms with van der Waals surface area (Å²) in [5.41, 5.74) is 2.88. The van der Waals surface area contributed by atoms with Crippen LogP contribution in [0.25, 0.3) is 10.9 Å². The average Bonchev–Trinajstić information content (AvgIpc) is 2.90. The summed E-state index contributed by atoms with van der Waals surface area (Å²) in [6.45, 7) is 3.19. The van der Waals surface area contributed by atoms with Crippen LogP contribution in [0.5, 0.6) is 5.75 Å². The Hall–Kier alpha value is -1.81. The topological polar surface area (TPSA) is 58.1 Å². The Kier molecular flexibility index (Phi) is 5.18. The maximum absolute atomic E-state index is 8.07. The van der Waals surface area contributed by atoms with Gasteiger partial charge in [-0.05, 0) is 30.0 Å². The van der Waals surface area contributed by atoms with Crippen molar-refractivity contribution in [3.05, 3.63) is 30.0 Å². The highest BCUT2D eigenvalue weighted by atomic mass is 16.5. The van der Waals surface area contributed by atoms with E-state index in [9.17, 15) is 0 Å². The molecule has 0 radical (unpaired) electrons. The van der Waals surface area contributed by atoms with Gasteiger partial charge in [-0.3, -0.25) is 0 Å². The van der Waals surface area contributed by atoms with Gasteiger partial charge in [-0.1, -0.05) is 13.3 Å². The van der Waals surface area contributed by atoms with Crippen LogP contribution in [0.15, 0.2) is 24.4 Å². The molecule has 2 rings (SSSR count). The summed E-state index contributed by atoms with van der Waals surface area (Å²) in [7, 11) is 1.66. The Bertz CT molecular complexity index is 575.